The average Bonchev–Trinajstić information content (AvgIpc) is 3.08. The van der Waals surface area contributed by atoms with E-state index in [1.54, 1.807) is 0 Å². The number of halogens is 2. The first-order chi connectivity index (χ1) is 13.9. The van der Waals surface area contributed by atoms with Gasteiger partial charge in [-0.05, 0) is 0 Å². The topological polar surface area (TPSA) is 49.7 Å². The molecule has 29 heavy (non-hydrogen) atoms. The van der Waals surface area contributed by atoms with Crippen LogP contribution >= 0.6 is 23.2 Å². The molecular weight excluding hydrogens is 514 g/mol. The zero-order valence-corrected chi connectivity index (χ0v) is 22.6. The van der Waals surface area contributed by atoms with E-state index in [1.165, 1.54) is 55.4 Å². The maximum absolute atomic E-state index is 10.2. The van der Waals surface area contributed by atoms with E-state index >= 15 is 0 Å². The fraction of sp³-hybridized carbons (Fsp3) is 0.739. The van der Waals surface area contributed by atoms with Crippen molar-refractivity contribution in [2.75, 3.05) is 6.61 Å². The van der Waals surface area contributed by atoms with Crippen molar-refractivity contribution in [3.05, 3.63) is 27.7 Å². The van der Waals surface area contributed by atoms with Crippen molar-refractivity contribution in [1.82, 2.24) is 0 Å². The van der Waals surface area contributed by atoms with Crippen molar-refractivity contribution < 1.29 is 14.9 Å². The summed E-state index contributed by atoms with van der Waals surface area (Å²) in [5.41, 5.74) is 0.937. The second-order valence-electron chi connectivity index (χ2n) is 8.59. The number of aliphatic hydroxyl groups is 2. The first kappa shape index (κ1) is 25.7. The Hall–Kier alpha value is 0.479. The van der Waals surface area contributed by atoms with Crippen LogP contribution in [0.3, 0.4) is 0 Å². The van der Waals surface area contributed by atoms with E-state index in [1.807, 2.05) is 6.07 Å². The number of unbranched alkanes of at least 4 members (excludes halogenated alkanes) is 3. The summed E-state index contributed by atoms with van der Waals surface area (Å²) >= 11 is 10.7. The SMILES string of the molecule is CCC[CH2][Sn]([CH2]CCC)([CH2]CCC)[c]1cc([C@H]2C[C@@H](O)[C@@H](CO)O2)c(Cl)cc1Cl. The van der Waals surface area contributed by atoms with Gasteiger partial charge in [-0.1, -0.05) is 0 Å². The molecule has 1 aliphatic rings. The minimum absolute atomic E-state index is 0.178. The maximum atomic E-state index is 10.2. The number of rotatable bonds is 12. The van der Waals surface area contributed by atoms with Gasteiger partial charge in [0.05, 0.1) is 0 Å². The van der Waals surface area contributed by atoms with Gasteiger partial charge in [-0.2, -0.15) is 0 Å². The van der Waals surface area contributed by atoms with E-state index in [-0.39, 0.29) is 12.7 Å². The van der Waals surface area contributed by atoms with Crippen molar-refractivity contribution in [1.29, 1.82) is 0 Å². The van der Waals surface area contributed by atoms with Crippen LogP contribution in [0.1, 0.15) is 77.4 Å². The fourth-order valence-corrected chi connectivity index (χ4v) is 22.7. The van der Waals surface area contributed by atoms with Crippen LogP contribution in [0.2, 0.25) is 23.4 Å². The van der Waals surface area contributed by atoms with Gasteiger partial charge in [-0.25, -0.2) is 0 Å². The van der Waals surface area contributed by atoms with Crippen molar-refractivity contribution in [3.8, 4) is 0 Å². The predicted octanol–water partition coefficient (Wildman–Crippen LogP) is 6.23. The molecule has 6 heteroatoms. The first-order valence-electron chi connectivity index (χ1n) is 11.4. The number of hydrogen-bond acceptors (Lipinski definition) is 3. The molecule has 0 amide bonds. The molecule has 2 N–H and O–H groups in total. The molecule has 1 aromatic carbocycles. The van der Waals surface area contributed by atoms with E-state index in [4.69, 9.17) is 27.9 Å². The second-order valence-corrected chi connectivity index (χ2v) is 22.5. The Balaban J connectivity index is 2.48. The summed E-state index contributed by atoms with van der Waals surface area (Å²) in [5, 5.41) is 21.1. The van der Waals surface area contributed by atoms with Gasteiger partial charge in [-0.15, -0.1) is 0 Å². The quantitative estimate of drug-likeness (QED) is 0.303. The normalized spacial score (nSPS) is 22.4. The summed E-state index contributed by atoms with van der Waals surface area (Å²) in [4.78, 5) is 0. The summed E-state index contributed by atoms with van der Waals surface area (Å²) in [6.07, 6.45) is 6.43. The number of hydrogen-bond donors (Lipinski definition) is 2. The molecule has 0 unspecified atom stereocenters. The molecule has 166 valence electrons. The molecule has 1 saturated heterocycles. The predicted molar refractivity (Wildman–Crippen MR) is 126 cm³/mol. The Morgan fingerprint density at radius 1 is 0.966 bits per heavy atom. The van der Waals surface area contributed by atoms with Crippen LogP contribution in [0.5, 0.6) is 0 Å². The Morgan fingerprint density at radius 2 is 1.52 bits per heavy atom. The molecule has 1 heterocycles. The van der Waals surface area contributed by atoms with Crippen LogP contribution in [0.4, 0.5) is 0 Å². The third-order valence-corrected chi connectivity index (χ3v) is 23.2. The van der Waals surface area contributed by atoms with Crippen molar-refractivity contribution in [3.63, 3.8) is 0 Å². The molecule has 0 bridgehead atoms. The van der Waals surface area contributed by atoms with Crippen LogP contribution in [-0.4, -0.2) is 47.4 Å². The molecule has 1 aliphatic heterocycles. The van der Waals surface area contributed by atoms with Gasteiger partial charge < -0.3 is 0 Å². The third kappa shape index (κ3) is 6.49. The number of ether oxygens (including phenoxy) is 1. The molecule has 1 aromatic rings. The molecule has 3 atom stereocenters. The summed E-state index contributed by atoms with van der Waals surface area (Å²) in [7, 11) is 0. The molecule has 1 fully saturated rings. The van der Waals surface area contributed by atoms with Crippen molar-refractivity contribution in [2.24, 2.45) is 0 Å². The molecule has 0 aromatic heterocycles. The van der Waals surface area contributed by atoms with Crippen molar-refractivity contribution >= 4 is 45.2 Å². The molecule has 3 nitrogen and oxygen atoms in total. The summed E-state index contributed by atoms with van der Waals surface area (Å²) in [6.45, 7) is 6.64. The van der Waals surface area contributed by atoms with E-state index in [9.17, 15) is 10.2 Å². The van der Waals surface area contributed by atoms with Gasteiger partial charge in [-0.3, -0.25) is 0 Å². The Kier molecular flexibility index (Phi) is 11.1. The van der Waals surface area contributed by atoms with Gasteiger partial charge in [0.25, 0.3) is 0 Å². The Bertz CT molecular complexity index is 619. The van der Waals surface area contributed by atoms with Crippen LogP contribution < -0.4 is 3.58 Å². The van der Waals surface area contributed by atoms with Crippen LogP contribution in [-0.2, 0) is 4.74 Å². The Morgan fingerprint density at radius 3 is 1.97 bits per heavy atom. The van der Waals surface area contributed by atoms with Gasteiger partial charge in [0.2, 0.25) is 0 Å². The van der Waals surface area contributed by atoms with Crippen LogP contribution in [0.15, 0.2) is 12.1 Å². The van der Waals surface area contributed by atoms with E-state index in [0.717, 1.165) is 10.6 Å². The monoisotopic (exact) mass is 552 g/mol. The molecule has 0 radical (unpaired) electrons. The molecule has 0 aliphatic carbocycles. The standard InChI is InChI=1S/C11H11Cl2O3.3C4H9.Sn/c12-6-1-2-7(8(13)3-6)10-4-9(15)11(5-14)16-10;3*1-3-4-2;/h2-3,9-11,14-15H,4-5H2;3*1,3-4H2,2H3;/t9-,10-,11-;;;;/m1..../s1. The van der Waals surface area contributed by atoms with E-state index in [2.05, 4.69) is 26.8 Å². The molecule has 0 saturated carbocycles. The van der Waals surface area contributed by atoms with Crippen molar-refractivity contribution in [2.45, 2.75) is 97.3 Å². The summed E-state index contributed by atoms with van der Waals surface area (Å²) in [6, 6.07) is 4.14. The first-order valence-corrected chi connectivity index (χ1v) is 19.6. The zero-order valence-electron chi connectivity index (χ0n) is 18.2. The molecular formula is C23H38Cl2O3Sn. The van der Waals surface area contributed by atoms with Crippen LogP contribution in [0.25, 0.3) is 0 Å². The van der Waals surface area contributed by atoms with Gasteiger partial charge in [0.15, 0.2) is 0 Å². The van der Waals surface area contributed by atoms with E-state index < -0.39 is 30.6 Å². The molecule has 0 spiro atoms. The number of benzene rings is 1. The van der Waals surface area contributed by atoms with E-state index in [0.29, 0.717) is 11.4 Å². The third-order valence-electron chi connectivity index (χ3n) is 6.43. The minimum atomic E-state index is -2.72. The van der Waals surface area contributed by atoms with Crippen LogP contribution in [0, 0.1) is 0 Å². The van der Waals surface area contributed by atoms with Gasteiger partial charge >= 0.3 is 192 Å². The second kappa shape index (κ2) is 12.5. The fourth-order valence-electron chi connectivity index (χ4n) is 4.64. The number of aliphatic hydroxyl groups excluding tert-OH is 2. The van der Waals surface area contributed by atoms with Gasteiger partial charge in [0.1, 0.15) is 0 Å². The molecule has 2 rings (SSSR count). The summed E-state index contributed by atoms with van der Waals surface area (Å²) < 4.78 is 11.3. The zero-order chi connectivity index (χ0) is 21.4. The summed E-state index contributed by atoms with van der Waals surface area (Å²) in [5.74, 6) is 0. The van der Waals surface area contributed by atoms with Gasteiger partial charge in [0, 0.05) is 0 Å². The Labute approximate surface area is 191 Å². The average molecular weight is 552 g/mol.